The SMILES string of the molecule is Cc1cc(=O)c2c(O)oc(O)c3c(=O)c4c(c1c23)O[C@@H](C)[C@@]4(C)CO. The van der Waals surface area contributed by atoms with Crippen molar-refractivity contribution in [3.8, 4) is 17.6 Å². The van der Waals surface area contributed by atoms with Crippen LogP contribution >= 0.6 is 0 Å². The first kappa shape index (κ1) is 15.7. The van der Waals surface area contributed by atoms with Gasteiger partial charge in [0, 0.05) is 10.8 Å². The summed E-state index contributed by atoms with van der Waals surface area (Å²) in [6.07, 6.45) is -0.491. The average molecular weight is 344 g/mol. The second kappa shape index (κ2) is 4.64. The Labute approximate surface area is 141 Å². The zero-order valence-electron chi connectivity index (χ0n) is 13.8. The van der Waals surface area contributed by atoms with Crippen molar-refractivity contribution in [2.24, 2.45) is 0 Å². The van der Waals surface area contributed by atoms with Crippen molar-refractivity contribution < 1.29 is 24.5 Å². The summed E-state index contributed by atoms with van der Waals surface area (Å²) in [4.78, 5) is 25.4. The van der Waals surface area contributed by atoms with Crippen LogP contribution in [0.3, 0.4) is 0 Å². The van der Waals surface area contributed by atoms with Gasteiger partial charge in [0.25, 0.3) is 11.9 Å². The Hall–Kier alpha value is -2.80. The van der Waals surface area contributed by atoms with Crippen LogP contribution in [-0.2, 0) is 5.41 Å². The molecule has 2 aromatic carbocycles. The van der Waals surface area contributed by atoms with Crippen molar-refractivity contribution in [2.75, 3.05) is 6.61 Å². The molecule has 1 aliphatic heterocycles. The fourth-order valence-electron chi connectivity index (χ4n) is 3.76. The van der Waals surface area contributed by atoms with Crippen LogP contribution in [0.15, 0.2) is 20.1 Å². The number of fused-ring (bicyclic) bond motifs is 2. The van der Waals surface area contributed by atoms with E-state index in [-0.39, 0.29) is 34.1 Å². The highest BCUT2D eigenvalue weighted by molar-refractivity contribution is 6.16. The van der Waals surface area contributed by atoms with Gasteiger partial charge in [-0.25, -0.2) is 0 Å². The molecular weight excluding hydrogens is 328 g/mol. The maximum Gasteiger partial charge on any atom is 0.296 e. The normalized spacial score (nSPS) is 22.5. The molecule has 1 aliphatic rings. The van der Waals surface area contributed by atoms with Crippen molar-refractivity contribution in [2.45, 2.75) is 32.3 Å². The highest BCUT2D eigenvalue weighted by Gasteiger charge is 2.47. The summed E-state index contributed by atoms with van der Waals surface area (Å²) < 4.78 is 10.7. The lowest BCUT2D eigenvalue weighted by Gasteiger charge is -2.24. The van der Waals surface area contributed by atoms with Gasteiger partial charge in [-0.3, -0.25) is 9.59 Å². The molecule has 0 radical (unpaired) electrons. The number of aromatic hydroxyl groups is 2. The third-order valence-electron chi connectivity index (χ3n) is 5.36. The van der Waals surface area contributed by atoms with Crippen LogP contribution in [0.4, 0.5) is 0 Å². The predicted octanol–water partition coefficient (Wildman–Crippen LogP) is 1.49. The van der Waals surface area contributed by atoms with Gasteiger partial charge < -0.3 is 24.5 Å². The largest absolute Gasteiger partial charge is 0.489 e. The lowest BCUT2D eigenvalue weighted by Crippen LogP contribution is -2.39. The van der Waals surface area contributed by atoms with Gasteiger partial charge >= 0.3 is 0 Å². The number of hydrogen-bond donors (Lipinski definition) is 3. The molecule has 0 amide bonds. The van der Waals surface area contributed by atoms with E-state index < -0.39 is 34.3 Å². The molecule has 0 spiro atoms. The fourth-order valence-corrected chi connectivity index (χ4v) is 3.76. The topological polar surface area (TPSA) is 117 Å². The van der Waals surface area contributed by atoms with E-state index in [1.165, 1.54) is 6.07 Å². The number of hydrogen-bond acceptors (Lipinski definition) is 7. The minimum atomic E-state index is -0.969. The van der Waals surface area contributed by atoms with Crippen LogP contribution in [0.2, 0.25) is 0 Å². The van der Waals surface area contributed by atoms with Gasteiger partial charge in [0.1, 0.15) is 22.6 Å². The maximum absolute atomic E-state index is 13.1. The van der Waals surface area contributed by atoms with Crippen LogP contribution in [-0.4, -0.2) is 28.0 Å². The summed E-state index contributed by atoms with van der Waals surface area (Å²) in [5.74, 6) is -1.25. The van der Waals surface area contributed by atoms with Gasteiger partial charge in [-0.2, -0.15) is 0 Å². The highest BCUT2D eigenvalue weighted by atomic mass is 16.5. The van der Waals surface area contributed by atoms with E-state index in [1.54, 1.807) is 20.8 Å². The molecule has 0 saturated heterocycles. The first-order chi connectivity index (χ1) is 11.7. The zero-order chi connectivity index (χ0) is 18.3. The molecule has 0 bridgehead atoms. The van der Waals surface area contributed by atoms with E-state index in [1.807, 2.05) is 0 Å². The van der Waals surface area contributed by atoms with Gasteiger partial charge in [0.2, 0.25) is 5.43 Å². The summed E-state index contributed by atoms with van der Waals surface area (Å²) in [5.41, 5.74) is -1.30. The molecule has 7 nitrogen and oxygen atoms in total. The molecule has 3 aromatic rings. The molecule has 4 rings (SSSR count). The second-order valence-electron chi connectivity index (χ2n) is 6.77. The van der Waals surface area contributed by atoms with Gasteiger partial charge in [-0.15, -0.1) is 0 Å². The molecule has 2 heterocycles. The van der Waals surface area contributed by atoms with Crippen molar-refractivity contribution in [1.29, 1.82) is 0 Å². The fraction of sp³-hybridized carbons (Fsp3) is 0.333. The van der Waals surface area contributed by atoms with E-state index in [2.05, 4.69) is 0 Å². The van der Waals surface area contributed by atoms with E-state index in [4.69, 9.17) is 9.15 Å². The predicted molar refractivity (Wildman–Crippen MR) is 90.0 cm³/mol. The van der Waals surface area contributed by atoms with Gasteiger partial charge in [0.05, 0.1) is 17.6 Å². The van der Waals surface area contributed by atoms with Gasteiger partial charge in [0.15, 0.2) is 5.43 Å². The molecule has 0 fully saturated rings. The van der Waals surface area contributed by atoms with Crippen LogP contribution in [0.5, 0.6) is 17.6 Å². The third kappa shape index (κ3) is 1.68. The minimum absolute atomic E-state index is 0.115. The Morgan fingerprint density at radius 3 is 2.40 bits per heavy atom. The standard InChI is InChI=1S/C18H16O7/c1-6-4-8(20)10-11-9(6)15-13(18(3,5-19)7(2)24-15)14(21)12(11)17(23)25-16(10)22/h4,7,19,22-23H,5H2,1-3H3/t7-,18+/m0/s1. The van der Waals surface area contributed by atoms with Crippen LogP contribution in [0, 0.1) is 6.92 Å². The molecule has 1 aromatic heterocycles. The highest BCUT2D eigenvalue weighted by Crippen LogP contribution is 2.49. The monoisotopic (exact) mass is 344 g/mol. The Morgan fingerprint density at radius 1 is 1.12 bits per heavy atom. The second-order valence-corrected chi connectivity index (χ2v) is 6.77. The first-order valence-corrected chi connectivity index (χ1v) is 7.82. The van der Waals surface area contributed by atoms with Crippen LogP contribution in [0.1, 0.15) is 25.0 Å². The van der Waals surface area contributed by atoms with Crippen molar-refractivity contribution in [3.05, 3.63) is 37.6 Å². The van der Waals surface area contributed by atoms with E-state index in [0.717, 1.165) is 0 Å². The quantitative estimate of drug-likeness (QED) is 0.612. The summed E-state index contributed by atoms with van der Waals surface area (Å²) in [5, 5.41) is 30.2. The lowest BCUT2D eigenvalue weighted by molar-refractivity contribution is 0.113. The van der Waals surface area contributed by atoms with Gasteiger partial charge in [-0.05, 0) is 32.4 Å². The summed E-state index contributed by atoms with van der Waals surface area (Å²) in [7, 11) is 0. The number of aliphatic hydroxyl groups excluding tert-OH is 1. The Balaban J connectivity index is 2.41. The van der Waals surface area contributed by atoms with E-state index in [0.29, 0.717) is 10.9 Å². The van der Waals surface area contributed by atoms with Crippen LogP contribution < -0.4 is 15.6 Å². The van der Waals surface area contributed by atoms with E-state index >= 15 is 0 Å². The van der Waals surface area contributed by atoms with Gasteiger partial charge in [-0.1, -0.05) is 0 Å². The zero-order valence-corrected chi connectivity index (χ0v) is 13.8. The lowest BCUT2D eigenvalue weighted by atomic mass is 9.78. The van der Waals surface area contributed by atoms with E-state index in [9.17, 15) is 24.9 Å². The molecule has 0 aliphatic carbocycles. The summed E-state index contributed by atoms with van der Waals surface area (Å²) >= 11 is 0. The molecule has 0 saturated carbocycles. The van der Waals surface area contributed by atoms with Crippen molar-refractivity contribution >= 4 is 21.5 Å². The number of rotatable bonds is 1. The number of aliphatic hydroxyl groups is 1. The maximum atomic E-state index is 13.1. The Bertz CT molecular complexity index is 1160. The third-order valence-corrected chi connectivity index (χ3v) is 5.36. The van der Waals surface area contributed by atoms with Crippen molar-refractivity contribution in [3.63, 3.8) is 0 Å². The Kier molecular flexibility index (Phi) is 2.91. The molecule has 2 atom stereocenters. The summed E-state index contributed by atoms with van der Waals surface area (Å²) in [6, 6.07) is 1.32. The molecular formula is C18H16O7. The first-order valence-electron chi connectivity index (χ1n) is 7.82. The molecule has 130 valence electrons. The smallest absolute Gasteiger partial charge is 0.296 e. The molecule has 3 N–H and O–H groups in total. The summed E-state index contributed by atoms with van der Waals surface area (Å²) in [6.45, 7) is 4.79. The van der Waals surface area contributed by atoms with Crippen LogP contribution in [0.25, 0.3) is 21.5 Å². The molecule has 25 heavy (non-hydrogen) atoms. The number of benzene rings is 2. The number of aryl methyl sites for hydroxylation is 1. The van der Waals surface area contributed by atoms with Crippen molar-refractivity contribution in [1.82, 2.24) is 0 Å². The Morgan fingerprint density at radius 2 is 1.76 bits per heavy atom. The average Bonchev–Trinajstić information content (AvgIpc) is 2.78. The minimum Gasteiger partial charge on any atom is -0.489 e. The molecule has 7 heteroatoms. The number of ether oxygens (including phenoxy) is 1. The molecule has 0 unspecified atom stereocenters.